The lowest BCUT2D eigenvalue weighted by Crippen LogP contribution is -2.42. The smallest absolute Gasteiger partial charge is 0.422 e. The number of nitrogens with one attached hydrogen (secondary N) is 1. The number of alkyl halides is 3. The molecule has 2 aromatic heterocycles. The fourth-order valence-corrected chi connectivity index (χ4v) is 4.81. The number of hydrogen-bond acceptors (Lipinski definition) is 5. The molecular weight excluding hydrogens is 622 g/mol. The lowest BCUT2D eigenvalue weighted by Gasteiger charge is -2.28. The first-order valence-corrected chi connectivity index (χ1v) is 13.4. The van der Waals surface area contributed by atoms with Gasteiger partial charge in [-0.3, -0.25) is 9.69 Å². The Morgan fingerprint density at radius 1 is 1.05 bits per heavy atom. The number of anilines is 1. The van der Waals surface area contributed by atoms with Crippen molar-refractivity contribution in [2.24, 2.45) is 0 Å². The van der Waals surface area contributed by atoms with Gasteiger partial charge in [-0.25, -0.2) is 14.2 Å². The summed E-state index contributed by atoms with van der Waals surface area (Å²) in [6.45, 7) is 1.00. The Morgan fingerprint density at radius 2 is 1.74 bits per heavy atom. The second-order valence-electron chi connectivity index (χ2n) is 9.55. The number of amides is 1. The van der Waals surface area contributed by atoms with Crippen molar-refractivity contribution in [3.05, 3.63) is 117 Å². The van der Waals surface area contributed by atoms with Crippen molar-refractivity contribution in [1.29, 1.82) is 0 Å². The molecule has 12 heteroatoms. The first kappa shape index (κ1) is 29.2. The van der Waals surface area contributed by atoms with Crippen LogP contribution in [0.1, 0.15) is 35.0 Å². The number of halogens is 5. The molecule has 0 saturated carbocycles. The average molecular weight is 644 g/mol. The van der Waals surface area contributed by atoms with Crippen LogP contribution in [-0.4, -0.2) is 27.2 Å². The predicted octanol–water partition coefficient (Wildman–Crippen LogP) is 7.09. The zero-order valence-electron chi connectivity index (χ0n) is 21.9. The van der Waals surface area contributed by atoms with Crippen LogP contribution in [0.15, 0.2) is 92.7 Å². The third kappa shape index (κ3) is 5.59. The largest absolute Gasteiger partial charge is 0.423 e. The van der Waals surface area contributed by atoms with Gasteiger partial charge in [-0.1, -0.05) is 47.1 Å². The Morgan fingerprint density at radius 3 is 2.38 bits per heavy atom. The summed E-state index contributed by atoms with van der Waals surface area (Å²) in [5.41, 5.74) is -2.49. The number of carbonyl (C=O) groups is 1. The quantitative estimate of drug-likeness (QED) is 0.146. The number of benzene rings is 3. The number of H-pyrrole nitrogens is 1. The summed E-state index contributed by atoms with van der Waals surface area (Å²) in [6.07, 6.45) is -4.83. The summed E-state index contributed by atoms with van der Waals surface area (Å²) in [7, 11) is 0. The van der Waals surface area contributed by atoms with E-state index >= 15 is 0 Å². The SMILES string of the molecule is CCC(O)(c1cnc(N(Cc2ccc3c(-c4ccc(F)cc4)cc(=O)oc3c2)C(=O)c2ccc(Br)cc2)[nH]1)C(F)(F)F. The van der Waals surface area contributed by atoms with Crippen LogP contribution < -0.4 is 10.5 Å². The maximum atomic E-state index is 13.7. The molecule has 5 aromatic rings. The minimum Gasteiger partial charge on any atom is -0.423 e. The molecule has 5 rings (SSSR count). The summed E-state index contributed by atoms with van der Waals surface area (Å²) in [5, 5.41) is 11.0. The van der Waals surface area contributed by atoms with Crippen LogP contribution in [0.5, 0.6) is 0 Å². The van der Waals surface area contributed by atoms with Crippen LogP contribution in [0.2, 0.25) is 0 Å². The van der Waals surface area contributed by atoms with Crippen molar-refractivity contribution in [1.82, 2.24) is 9.97 Å². The summed E-state index contributed by atoms with van der Waals surface area (Å²) in [4.78, 5) is 33.7. The van der Waals surface area contributed by atoms with Crippen molar-refractivity contribution in [2.45, 2.75) is 31.7 Å². The molecule has 0 aliphatic heterocycles. The van der Waals surface area contributed by atoms with Crippen molar-refractivity contribution >= 4 is 38.8 Å². The minimum absolute atomic E-state index is 0.182. The van der Waals surface area contributed by atoms with Crippen LogP contribution in [-0.2, 0) is 12.1 Å². The van der Waals surface area contributed by atoms with Gasteiger partial charge in [0.1, 0.15) is 11.4 Å². The monoisotopic (exact) mass is 643 g/mol. The second kappa shape index (κ2) is 11.2. The van der Waals surface area contributed by atoms with Crippen LogP contribution >= 0.6 is 15.9 Å². The van der Waals surface area contributed by atoms with Gasteiger partial charge < -0.3 is 14.5 Å². The molecule has 1 atom stereocenters. The van der Waals surface area contributed by atoms with E-state index in [1.165, 1.54) is 55.5 Å². The maximum absolute atomic E-state index is 13.7. The van der Waals surface area contributed by atoms with E-state index in [1.807, 2.05) is 0 Å². The summed E-state index contributed by atoms with van der Waals surface area (Å²) < 4.78 is 60.8. The fourth-order valence-electron chi connectivity index (χ4n) is 4.55. The van der Waals surface area contributed by atoms with Crippen molar-refractivity contribution < 1.29 is 31.9 Å². The second-order valence-corrected chi connectivity index (χ2v) is 10.5. The third-order valence-electron chi connectivity index (χ3n) is 6.89. The van der Waals surface area contributed by atoms with Gasteiger partial charge in [0.05, 0.1) is 18.4 Å². The molecule has 0 aliphatic rings. The van der Waals surface area contributed by atoms with E-state index in [1.54, 1.807) is 24.3 Å². The molecule has 2 N–H and O–H groups in total. The first-order valence-electron chi connectivity index (χ1n) is 12.6. The number of aliphatic hydroxyl groups is 1. The molecule has 216 valence electrons. The topological polar surface area (TPSA) is 99.4 Å². The van der Waals surface area contributed by atoms with E-state index in [9.17, 15) is 32.3 Å². The Balaban J connectivity index is 1.57. The summed E-state index contributed by atoms with van der Waals surface area (Å²) in [5.74, 6) is -1.25. The van der Waals surface area contributed by atoms with Crippen molar-refractivity contribution in [3.63, 3.8) is 0 Å². The molecule has 7 nitrogen and oxygen atoms in total. The number of fused-ring (bicyclic) bond motifs is 1. The Kier molecular flexibility index (Phi) is 7.78. The number of nitrogens with zero attached hydrogens (tertiary/aromatic N) is 2. The lowest BCUT2D eigenvalue weighted by atomic mass is 9.96. The Hall–Kier alpha value is -4.29. The van der Waals surface area contributed by atoms with Crippen molar-refractivity contribution in [2.75, 3.05) is 4.90 Å². The molecule has 0 aliphatic carbocycles. The van der Waals surface area contributed by atoms with E-state index in [2.05, 4.69) is 25.9 Å². The molecule has 2 heterocycles. The van der Waals surface area contributed by atoms with Crippen LogP contribution in [0.25, 0.3) is 22.1 Å². The van der Waals surface area contributed by atoms with Crippen LogP contribution in [0, 0.1) is 5.82 Å². The number of aromatic amines is 1. The van der Waals surface area contributed by atoms with Gasteiger partial charge in [0, 0.05) is 21.5 Å². The molecular formula is C30H22BrF4N3O4. The molecule has 0 fully saturated rings. The van der Waals surface area contributed by atoms with Gasteiger partial charge in [0.25, 0.3) is 5.91 Å². The highest BCUT2D eigenvalue weighted by molar-refractivity contribution is 9.10. The van der Waals surface area contributed by atoms with E-state index in [0.717, 1.165) is 11.1 Å². The molecule has 0 spiro atoms. The van der Waals surface area contributed by atoms with Gasteiger partial charge in [-0.2, -0.15) is 13.2 Å². The highest BCUT2D eigenvalue weighted by Gasteiger charge is 2.55. The van der Waals surface area contributed by atoms with Gasteiger partial charge in [-0.05, 0) is 65.6 Å². The number of aromatic nitrogens is 2. The molecule has 0 saturated heterocycles. The standard InChI is InChI=1S/C30H22BrF4N3O4/c1-2-29(41,30(33,34)35)25-15-36-28(37-25)38(27(40)19-4-8-20(31)9-5-19)16-17-3-12-22-23(14-26(39)42-24(22)13-17)18-6-10-21(32)11-7-18/h3-15,41H,2,16H2,1H3,(H,36,37). The summed E-state index contributed by atoms with van der Waals surface area (Å²) in [6, 6.07) is 18.1. The van der Waals surface area contributed by atoms with E-state index in [0.29, 0.717) is 26.5 Å². The zero-order valence-corrected chi connectivity index (χ0v) is 23.5. The van der Waals surface area contributed by atoms with E-state index in [-0.39, 0.29) is 23.6 Å². The number of rotatable bonds is 7. The highest BCUT2D eigenvalue weighted by atomic mass is 79.9. The van der Waals surface area contributed by atoms with Crippen LogP contribution in [0.3, 0.4) is 0 Å². The number of hydrogen-bond donors (Lipinski definition) is 2. The molecule has 1 unspecified atom stereocenters. The number of imidazole rings is 1. The number of carbonyl (C=O) groups excluding carboxylic acids is 1. The minimum atomic E-state index is -5.00. The molecule has 1 amide bonds. The average Bonchev–Trinajstić information content (AvgIpc) is 3.45. The Labute approximate surface area is 244 Å². The first-order chi connectivity index (χ1) is 19.9. The zero-order chi connectivity index (χ0) is 30.2. The van der Waals surface area contributed by atoms with Gasteiger partial charge in [0.2, 0.25) is 11.5 Å². The van der Waals surface area contributed by atoms with Gasteiger partial charge >= 0.3 is 11.8 Å². The van der Waals surface area contributed by atoms with Crippen molar-refractivity contribution in [3.8, 4) is 11.1 Å². The fraction of sp³-hybridized carbons (Fsp3) is 0.167. The lowest BCUT2D eigenvalue weighted by molar-refractivity contribution is -0.269. The van der Waals surface area contributed by atoms with E-state index in [4.69, 9.17) is 4.42 Å². The molecule has 3 aromatic carbocycles. The molecule has 0 bridgehead atoms. The molecule has 0 radical (unpaired) electrons. The van der Waals surface area contributed by atoms with Gasteiger partial charge in [0.15, 0.2) is 0 Å². The van der Waals surface area contributed by atoms with E-state index < -0.39 is 41.2 Å². The third-order valence-corrected chi connectivity index (χ3v) is 7.41. The highest BCUT2D eigenvalue weighted by Crippen LogP contribution is 2.41. The van der Waals surface area contributed by atoms with Gasteiger partial charge in [-0.15, -0.1) is 0 Å². The normalized spacial score (nSPS) is 13.2. The summed E-state index contributed by atoms with van der Waals surface area (Å²) >= 11 is 3.30. The maximum Gasteiger partial charge on any atom is 0.422 e. The Bertz CT molecular complexity index is 1820. The van der Waals surface area contributed by atoms with Crippen LogP contribution in [0.4, 0.5) is 23.5 Å². The predicted molar refractivity (Wildman–Crippen MR) is 151 cm³/mol. The molecule has 42 heavy (non-hydrogen) atoms.